The van der Waals surface area contributed by atoms with E-state index in [0.717, 1.165) is 0 Å². The molecule has 0 spiro atoms. The Labute approximate surface area is 176 Å². The predicted molar refractivity (Wildman–Crippen MR) is 102 cm³/mol. The van der Waals surface area contributed by atoms with Crippen LogP contribution in [0.2, 0.25) is 0 Å². The highest BCUT2D eigenvalue weighted by molar-refractivity contribution is 6.34. The Kier molecular flexibility index (Phi) is 6.08. The normalized spacial score (nSPS) is 36.1. The molecule has 30 heavy (non-hydrogen) atoms. The number of ether oxygens (including phenoxy) is 6. The lowest BCUT2D eigenvalue weighted by Gasteiger charge is -2.38. The van der Waals surface area contributed by atoms with Crippen molar-refractivity contribution in [2.45, 2.75) is 63.7 Å². The molecule has 4 atom stereocenters. The van der Waals surface area contributed by atoms with E-state index in [1.54, 1.807) is 9.80 Å². The van der Waals surface area contributed by atoms with E-state index >= 15 is 0 Å². The first-order valence-electron chi connectivity index (χ1n) is 10.6. The van der Waals surface area contributed by atoms with Gasteiger partial charge in [-0.2, -0.15) is 0 Å². The standard InChI is InChI=1S/C20H32N2O8/c1-19(2)27-11-15(29-19)13-9-21(5-7-25-13)17(23)18(24)22-6-8-26-14(10-22)16-12-28-20(3,4)30-16/h13-16H,5-12H2,1-4H3/t13-,14-,15-,16-/m0/s1. The average molecular weight is 428 g/mol. The first-order chi connectivity index (χ1) is 14.1. The summed E-state index contributed by atoms with van der Waals surface area (Å²) in [7, 11) is 0. The summed E-state index contributed by atoms with van der Waals surface area (Å²) in [5.41, 5.74) is 0. The molecular weight excluding hydrogens is 396 g/mol. The highest BCUT2D eigenvalue weighted by Gasteiger charge is 2.43. The number of hydrogen-bond donors (Lipinski definition) is 0. The van der Waals surface area contributed by atoms with Gasteiger partial charge in [-0.15, -0.1) is 0 Å². The quantitative estimate of drug-likeness (QED) is 0.556. The lowest BCUT2D eigenvalue weighted by Crippen LogP contribution is -2.57. The van der Waals surface area contributed by atoms with Gasteiger partial charge in [-0.05, 0) is 27.7 Å². The first kappa shape index (κ1) is 21.9. The Balaban J connectivity index is 1.33. The molecule has 0 N–H and O–H groups in total. The molecule has 4 rings (SSSR count). The summed E-state index contributed by atoms with van der Waals surface area (Å²) in [6, 6.07) is 0. The molecular formula is C20H32N2O8. The molecule has 2 amide bonds. The Hall–Kier alpha value is -1.30. The van der Waals surface area contributed by atoms with Crippen LogP contribution in [0.5, 0.6) is 0 Å². The second kappa shape index (κ2) is 8.33. The Morgan fingerprint density at radius 1 is 0.700 bits per heavy atom. The molecule has 0 saturated carbocycles. The molecule has 4 aliphatic heterocycles. The third kappa shape index (κ3) is 4.79. The number of nitrogens with zero attached hydrogens (tertiary/aromatic N) is 2. The maximum atomic E-state index is 12.9. The average Bonchev–Trinajstić information content (AvgIpc) is 3.28. The fourth-order valence-electron chi connectivity index (χ4n) is 4.24. The van der Waals surface area contributed by atoms with E-state index in [1.807, 2.05) is 27.7 Å². The molecule has 0 aromatic heterocycles. The van der Waals surface area contributed by atoms with Crippen molar-refractivity contribution in [1.29, 1.82) is 0 Å². The van der Waals surface area contributed by atoms with Crippen LogP contribution in [0, 0.1) is 0 Å². The smallest absolute Gasteiger partial charge is 0.312 e. The second-order valence-corrected chi connectivity index (χ2v) is 9.06. The first-order valence-corrected chi connectivity index (χ1v) is 10.6. The van der Waals surface area contributed by atoms with Gasteiger partial charge in [-0.3, -0.25) is 9.59 Å². The summed E-state index contributed by atoms with van der Waals surface area (Å²) in [6.07, 6.45) is -1.16. The minimum Gasteiger partial charge on any atom is -0.372 e. The van der Waals surface area contributed by atoms with E-state index in [4.69, 9.17) is 28.4 Å². The maximum Gasteiger partial charge on any atom is 0.312 e. The van der Waals surface area contributed by atoms with Crippen molar-refractivity contribution in [2.24, 2.45) is 0 Å². The van der Waals surface area contributed by atoms with Gasteiger partial charge in [0, 0.05) is 13.1 Å². The Bertz CT molecular complexity index is 613. The van der Waals surface area contributed by atoms with Gasteiger partial charge in [0.25, 0.3) is 0 Å². The highest BCUT2D eigenvalue weighted by atomic mass is 16.8. The lowest BCUT2D eigenvalue weighted by atomic mass is 10.1. The number of morpholine rings is 2. The predicted octanol–water partition coefficient (Wildman–Crippen LogP) is -0.256. The van der Waals surface area contributed by atoms with Gasteiger partial charge in [0.15, 0.2) is 11.6 Å². The SMILES string of the molecule is CC1(C)OC[C@@H]([C@@H]2CN(C(=O)C(=O)N3CCO[C@H]([C@@H]4COC(C)(C)O4)C3)CCO2)O1. The van der Waals surface area contributed by atoms with Crippen LogP contribution in [-0.4, -0.2) is 110 Å². The van der Waals surface area contributed by atoms with Crippen molar-refractivity contribution in [3.05, 3.63) is 0 Å². The van der Waals surface area contributed by atoms with Gasteiger partial charge >= 0.3 is 11.8 Å². The van der Waals surface area contributed by atoms with Gasteiger partial charge in [0.05, 0.1) is 39.5 Å². The zero-order chi connectivity index (χ0) is 21.5. The summed E-state index contributed by atoms with van der Waals surface area (Å²) in [6.45, 7) is 10.3. The minimum atomic E-state index is -0.667. The topological polar surface area (TPSA) is 96.0 Å². The van der Waals surface area contributed by atoms with E-state index < -0.39 is 23.4 Å². The Morgan fingerprint density at radius 2 is 1.10 bits per heavy atom. The molecule has 0 unspecified atom stereocenters. The van der Waals surface area contributed by atoms with Crippen LogP contribution < -0.4 is 0 Å². The van der Waals surface area contributed by atoms with Crippen LogP contribution in [0.15, 0.2) is 0 Å². The molecule has 0 bridgehead atoms. The number of amides is 2. The van der Waals surface area contributed by atoms with Crippen LogP contribution in [0.1, 0.15) is 27.7 Å². The molecule has 10 heteroatoms. The molecule has 0 radical (unpaired) electrons. The van der Waals surface area contributed by atoms with E-state index in [1.165, 1.54) is 0 Å². The molecule has 170 valence electrons. The zero-order valence-electron chi connectivity index (χ0n) is 18.1. The molecule has 4 saturated heterocycles. The third-order valence-electron chi connectivity index (χ3n) is 5.83. The van der Waals surface area contributed by atoms with E-state index in [2.05, 4.69) is 0 Å². The fourth-order valence-corrected chi connectivity index (χ4v) is 4.24. The van der Waals surface area contributed by atoms with Gasteiger partial charge in [0.1, 0.15) is 24.4 Å². The molecule has 0 aromatic rings. The zero-order valence-corrected chi connectivity index (χ0v) is 18.1. The molecule has 4 heterocycles. The molecule has 10 nitrogen and oxygen atoms in total. The summed E-state index contributed by atoms with van der Waals surface area (Å²) in [4.78, 5) is 29.0. The maximum absolute atomic E-state index is 12.9. The van der Waals surface area contributed by atoms with Crippen molar-refractivity contribution >= 4 is 11.8 Å². The monoisotopic (exact) mass is 428 g/mol. The van der Waals surface area contributed by atoms with Crippen LogP contribution >= 0.6 is 0 Å². The van der Waals surface area contributed by atoms with Crippen LogP contribution in [-0.2, 0) is 38.0 Å². The molecule has 4 aliphatic rings. The number of hydrogen-bond acceptors (Lipinski definition) is 8. The molecule has 0 aliphatic carbocycles. The van der Waals surface area contributed by atoms with Gasteiger partial charge in [0.2, 0.25) is 0 Å². The summed E-state index contributed by atoms with van der Waals surface area (Å²) < 4.78 is 34.5. The van der Waals surface area contributed by atoms with E-state index in [9.17, 15) is 9.59 Å². The van der Waals surface area contributed by atoms with Crippen molar-refractivity contribution in [2.75, 3.05) is 52.6 Å². The van der Waals surface area contributed by atoms with Crippen molar-refractivity contribution in [1.82, 2.24) is 9.80 Å². The van der Waals surface area contributed by atoms with Crippen molar-refractivity contribution in [3.8, 4) is 0 Å². The largest absolute Gasteiger partial charge is 0.372 e. The van der Waals surface area contributed by atoms with Gasteiger partial charge in [-0.25, -0.2) is 0 Å². The van der Waals surface area contributed by atoms with Gasteiger partial charge < -0.3 is 38.2 Å². The van der Waals surface area contributed by atoms with Gasteiger partial charge in [-0.1, -0.05) is 0 Å². The van der Waals surface area contributed by atoms with E-state index in [-0.39, 0.29) is 24.4 Å². The molecule has 0 aromatic carbocycles. The number of rotatable bonds is 2. The minimum absolute atomic E-state index is 0.263. The number of carbonyl (C=O) groups is 2. The van der Waals surface area contributed by atoms with Crippen molar-refractivity contribution in [3.63, 3.8) is 0 Å². The lowest BCUT2D eigenvalue weighted by molar-refractivity contribution is -0.177. The van der Waals surface area contributed by atoms with Crippen LogP contribution in [0.4, 0.5) is 0 Å². The summed E-state index contributed by atoms with van der Waals surface area (Å²) in [5, 5.41) is 0. The highest BCUT2D eigenvalue weighted by Crippen LogP contribution is 2.28. The fraction of sp³-hybridized carbons (Fsp3) is 0.900. The second-order valence-electron chi connectivity index (χ2n) is 9.06. The molecule has 4 fully saturated rings. The van der Waals surface area contributed by atoms with Crippen molar-refractivity contribution < 1.29 is 38.0 Å². The van der Waals surface area contributed by atoms with E-state index in [0.29, 0.717) is 52.6 Å². The summed E-state index contributed by atoms with van der Waals surface area (Å²) in [5.74, 6) is -2.38. The Morgan fingerprint density at radius 3 is 1.43 bits per heavy atom. The van der Waals surface area contributed by atoms with Crippen LogP contribution in [0.25, 0.3) is 0 Å². The third-order valence-corrected chi connectivity index (χ3v) is 5.83. The number of carbonyl (C=O) groups excluding carboxylic acids is 2. The van der Waals surface area contributed by atoms with Crippen LogP contribution in [0.3, 0.4) is 0 Å². The summed E-state index contributed by atoms with van der Waals surface area (Å²) >= 11 is 0.